The fourth-order valence-electron chi connectivity index (χ4n) is 2.25. The number of aromatic nitrogens is 1. The second-order valence-electron chi connectivity index (χ2n) is 4.54. The van der Waals surface area contributed by atoms with Crippen molar-refractivity contribution in [3.05, 3.63) is 58.1 Å². The Bertz CT molecular complexity index is 781. The van der Waals surface area contributed by atoms with E-state index in [4.69, 9.17) is 4.42 Å². The van der Waals surface area contributed by atoms with Gasteiger partial charge in [0.15, 0.2) is 5.58 Å². The number of H-pyrrole nitrogens is 1. The van der Waals surface area contributed by atoms with E-state index >= 15 is 0 Å². The first-order valence-electron chi connectivity index (χ1n) is 5.84. The minimum atomic E-state index is -0.414. The monoisotopic (exact) mass is 239 g/mol. The van der Waals surface area contributed by atoms with Gasteiger partial charge in [0.1, 0.15) is 0 Å². The van der Waals surface area contributed by atoms with Crippen LogP contribution >= 0.6 is 0 Å². The first kappa shape index (κ1) is 10.8. The van der Waals surface area contributed by atoms with Crippen molar-refractivity contribution in [1.29, 1.82) is 0 Å². The molecule has 3 aromatic rings. The predicted molar refractivity (Wildman–Crippen MR) is 71.7 cm³/mol. The second-order valence-corrected chi connectivity index (χ2v) is 4.54. The Morgan fingerprint density at radius 3 is 2.67 bits per heavy atom. The lowest BCUT2D eigenvalue weighted by molar-refractivity contribution is 0.555. The first-order valence-corrected chi connectivity index (χ1v) is 5.84. The molecule has 18 heavy (non-hydrogen) atoms. The molecule has 0 spiro atoms. The lowest BCUT2D eigenvalue weighted by Gasteiger charge is -2.06. The van der Waals surface area contributed by atoms with E-state index in [0.717, 1.165) is 16.6 Å². The van der Waals surface area contributed by atoms with Crippen molar-refractivity contribution in [2.75, 3.05) is 0 Å². The lowest BCUT2D eigenvalue weighted by Crippen LogP contribution is -1.92. The first-order chi connectivity index (χ1) is 8.63. The fraction of sp³-hybridized carbons (Fsp3) is 0.133. The van der Waals surface area contributed by atoms with Crippen LogP contribution in [0.4, 0.5) is 0 Å². The van der Waals surface area contributed by atoms with E-state index < -0.39 is 5.76 Å². The average molecular weight is 239 g/mol. The summed E-state index contributed by atoms with van der Waals surface area (Å²) in [5.41, 5.74) is 6.00. The van der Waals surface area contributed by atoms with Gasteiger partial charge in [-0.1, -0.05) is 29.8 Å². The summed E-state index contributed by atoms with van der Waals surface area (Å²) in [5, 5.41) is 0. The minimum absolute atomic E-state index is 0.414. The van der Waals surface area contributed by atoms with Crippen LogP contribution in [-0.2, 0) is 0 Å². The maximum atomic E-state index is 11.1. The van der Waals surface area contributed by atoms with E-state index in [2.05, 4.69) is 37.0 Å². The van der Waals surface area contributed by atoms with E-state index in [9.17, 15) is 4.79 Å². The van der Waals surface area contributed by atoms with Crippen LogP contribution < -0.4 is 5.76 Å². The van der Waals surface area contributed by atoms with Crippen LogP contribution in [0.25, 0.3) is 22.2 Å². The summed E-state index contributed by atoms with van der Waals surface area (Å²) >= 11 is 0. The van der Waals surface area contributed by atoms with Gasteiger partial charge in [-0.2, -0.15) is 0 Å². The average Bonchev–Trinajstić information content (AvgIpc) is 2.68. The zero-order valence-corrected chi connectivity index (χ0v) is 10.3. The number of hydrogen-bond acceptors (Lipinski definition) is 2. The highest BCUT2D eigenvalue weighted by Gasteiger charge is 2.06. The summed E-state index contributed by atoms with van der Waals surface area (Å²) in [6.07, 6.45) is 0. The van der Waals surface area contributed by atoms with Gasteiger partial charge in [-0.05, 0) is 42.7 Å². The molecule has 2 aromatic carbocycles. The molecule has 3 rings (SSSR count). The van der Waals surface area contributed by atoms with Gasteiger partial charge in [0.05, 0.1) is 5.52 Å². The molecule has 0 aliphatic carbocycles. The van der Waals surface area contributed by atoms with Crippen molar-refractivity contribution in [2.45, 2.75) is 13.8 Å². The highest BCUT2D eigenvalue weighted by atomic mass is 16.4. The Morgan fingerprint density at radius 2 is 1.89 bits per heavy atom. The SMILES string of the molecule is Cc1ccc(-c2ccc3[nH]c(=O)oc3c2)c(C)c1. The molecular formula is C15H13NO2. The van der Waals surface area contributed by atoms with Crippen LogP contribution in [0.5, 0.6) is 0 Å². The molecule has 0 atom stereocenters. The number of fused-ring (bicyclic) bond motifs is 1. The molecule has 90 valence electrons. The van der Waals surface area contributed by atoms with Crippen LogP contribution in [-0.4, -0.2) is 4.98 Å². The molecule has 1 N–H and O–H groups in total. The van der Waals surface area contributed by atoms with E-state index in [1.54, 1.807) is 0 Å². The largest absolute Gasteiger partial charge is 0.417 e. The fourth-order valence-corrected chi connectivity index (χ4v) is 2.25. The van der Waals surface area contributed by atoms with Crippen molar-refractivity contribution in [2.24, 2.45) is 0 Å². The highest BCUT2D eigenvalue weighted by molar-refractivity contribution is 5.80. The van der Waals surface area contributed by atoms with Gasteiger partial charge >= 0.3 is 5.76 Å². The van der Waals surface area contributed by atoms with Crippen molar-refractivity contribution in [3.8, 4) is 11.1 Å². The molecule has 0 unspecified atom stereocenters. The summed E-state index contributed by atoms with van der Waals surface area (Å²) in [7, 11) is 0. The van der Waals surface area contributed by atoms with Crippen molar-refractivity contribution < 1.29 is 4.42 Å². The van der Waals surface area contributed by atoms with Gasteiger partial charge in [0.2, 0.25) is 0 Å². The van der Waals surface area contributed by atoms with Gasteiger partial charge < -0.3 is 4.42 Å². The van der Waals surface area contributed by atoms with E-state index in [1.807, 2.05) is 18.2 Å². The minimum Gasteiger partial charge on any atom is -0.408 e. The molecule has 0 aliphatic heterocycles. The number of benzene rings is 2. The topological polar surface area (TPSA) is 46.0 Å². The molecule has 0 radical (unpaired) electrons. The Balaban J connectivity index is 2.21. The molecule has 1 aromatic heterocycles. The molecule has 3 heteroatoms. The molecule has 0 bridgehead atoms. The van der Waals surface area contributed by atoms with Crippen LogP contribution in [0.3, 0.4) is 0 Å². The molecular weight excluding hydrogens is 226 g/mol. The predicted octanol–water partition coefficient (Wildman–Crippen LogP) is 3.40. The smallest absolute Gasteiger partial charge is 0.408 e. The zero-order chi connectivity index (χ0) is 12.7. The summed E-state index contributed by atoms with van der Waals surface area (Å²) in [6, 6.07) is 12.1. The Kier molecular flexibility index (Phi) is 2.33. The maximum absolute atomic E-state index is 11.1. The Morgan fingerprint density at radius 1 is 1.06 bits per heavy atom. The maximum Gasteiger partial charge on any atom is 0.417 e. The summed E-state index contributed by atoms with van der Waals surface area (Å²) in [5.74, 6) is -0.414. The second kappa shape index (κ2) is 3.88. The van der Waals surface area contributed by atoms with Crippen molar-refractivity contribution in [3.63, 3.8) is 0 Å². The summed E-state index contributed by atoms with van der Waals surface area (Å²) < 4.78 is 5.08. The van der Waals surface area contributed by atoms with Crippen LogP contribution in [0.1, 0.15) is 11.1 Å². The van der Waals surface area contributed by atoms with Crippen LogP contribution in [0.2, 0.25) is 0 Å². The molecule has 3 nitrogen and oxygen atoms in total. The third kappa shape index (κ3) is 1.74. The van der Waals surface area contributed by atoms with Crippen molar-refractivity contribution in [1.82, 2.24) is 4.98 Å². The van der Waals surface area contributed by atoms with Crippen molar-refractivity contribution >= 4 is 11.1 Å². The van der Waals surface area contributed by atoms with Crippen LogP contribution in [0.15, 0.2) is 45.6 Å². The normalized spacial score (nSPS) is 11.0. The molecule has 0 saturated heterocycles. The van der Waals surface area contributed by atoms with Crippen LogP contribution in [0, 0.1) is 13.8 Å². The van der Waals surface area contributed by atoms with Gasteiger partial charge in [-0.15, -0.1) is 0 Å². The van der Waals surface area contributed by atoms with E-state index in [-0.39, 0.29) is 0 Å². The molecule has 1 heterocycles. The quantitative estimate of drug-likeness (QED) is 0.707. The number of hydrogen-bond donors (Lipinski definition) is 1. The molecule has 0 aliphatic rings. The number of oxazole rings is 1. The van der Waals surface area contributed by atoms with Gasteiger partial charge in [0, 0.05) is 0 Å². The Hall–Kier alpha value is -2.29. The standard InChI is InChI=1S/C15H13NO2/c1-9-3-5-12(10(2)7-9)11-4-6-13-14(8-11)18-15(17)16-13/h3-8H,1-2H3,(H,16,17). The molecule has 0 fully saturated rings. The molecule has 0 amide bonds. The third-order valence-electron chi connectivity index (χ3n) is 3.11. The highest BCUT2D eigenvalue weighted by Crippen LogP contribution is 2.26. The third-order valence-corrected chi connectivity index (χ3v) is 3.11. The zero-order valence-electron chi connectivity index (χ0n) is 10.3. The van der Waals surface area contributed by atoms with E-state index in [0.29, 0.717) is 5.58 Å². The van der Waals surface area contributed by atoms with Gasteiger partial charge in [-0.25, -0.2) is 4.79 Å². The number of nitrogens with one attached hydrogen (secondary N) is 1. The number of rotatable bonds is 1. The van der Waals surface area contributed by atoms with Gasteiger partial charge in [0.25, 0.3) is 0 Å². The summed E-state index contributed by atoms with van der Waals surface area (Å²) in [4.78, 5) is 13.8. The number of aromatic amines is 1. The Labute approximate surface area is 104 Å². The number of aryl methyl sites for hydroxylation is 2. The van der Waals surface area contributed by atoms with E-state index in [1.165, 1.54) is 11.1 Å². The summed E-state index contributed by atoms with van der Waals surface area (Å²) in [6.45, 7) is 4.16. The molecule has 0 saturated carbocycles. The lowest BCUT2D eigenvalue weighted by atomic mass is 9.99. The van der Waals surface area contributed by atoms with Gasteiger partial charge in [-0.3, -0.25) is 4.98 Å².